The number of hydrogen-bond donors (Lipinski definition) is 0. The highest BCUT2D eigenvalue weighted by molar-refractivity contribution is 5.78. The van der Waals surface area contributed by atoms with Gasteiger partial charge in [0.2, 0.25) is 5.91 Å². The molecule has 0 unspecified atom stereocenters. The van der Waals surface area contributed by atoms with Gasteiger partial charge in [-0.05, 0) is 29.8 Å². The van der Waals surface area contributed by atoms with Crippen LogP contribution < -0.4 is 9.80 Å². The molecule has 2 aromatic rings. The summed E-state index contributed by atoms with van der Waals surface area (Å²) in [7, 11) is 1.89. The molecule has 7 nitrogen and oxygen atoms in total. The summed E-state index contributed by atoms with van der Waals surface area (Å²) in [5, 5.41) is 0. The van der Waals surface area contributed by atoms with E-state index in [1.165, 1.54) is 5.69 Å². The third-order valence-electron chi connectivity index (χ3n) is 5.86. The molecule has 2 aliphatic heterocycles. The Morgan fingerprint density at radius 1 is 0.967 bits per heavy atom. The molecule has 0 atom stereocenters. The summed E-state index contributed by atoms with van der Waals surface area (Å²) in [6.07, 6.45) is 1.83. The van der Waals surface area contributed by atoms with Crippen LogP contribution in [0.5, 0.6) is 0 Å². The molecule has 7 heteroatoms. The van der Waals surface area contributed by atoms with E-state index in [0.29, 0.717) is 13.1 Å². The molecule has 1 amide bonds. The van der Waals surface area contributed by atoms with E-state index < -0.39 is 0 Å². The molecular weight excluding hydrogens is 378 g/mol. The molecule has 2 fully saturated rings. The van der Waals surface area contributed by atoms with Gasteiger partial charge in [0.15, 0.2) is 0 Å². The lowest BCUT2D eigenvalue weighted by Gasteiger charge is -2.35. The molecule has 0 aliphatic carbocycles. The van der Waals surface area contributed by atoms with Crippen molar-refractivity contribution in [3.8, 4) is 0 Å². The van der Waals surface area contributed by atoms with Crippen LogP contribution in [0.15, 0.2) is 48.7 Å². The highest BCUT2D eigenvalue weighted by atomic mass is 16.5. The van der Waals surface area contributed by atoms with Crippen LogP contribution in [-0.2, 0) is 16.1 Å². The van der Waals surface area contributed by atoms with Gasteiger partial charge in [0.05, 0.1) is 19.8 Å². The van der Waals surface area contributed by atoms with Crippen molar-refractivity contribution in [1.29, 1.82) is 0 Å². The zero-order chi connectivity index (χ0) is 20.8. The predicted molar refractivity (Wildman–Crippen MR) is 119 cm³/mol. The van der Waals surface area contributed by atoms with Gasteiger partial charge in [0.1, 0.15) is 5.82 Å². The molecule has 0 spiro atoms. The Balaban J connectivity index is 1.23. The molecule has 2 saturated heterocycles. The number of pyridine rings is 1. The first-order chi connectivity index (χ1) is 14.7. The first kappa shape index (κ1) is 20.6. The van der Waals surface area contributed by atoms with Gasteiger partial charge in [-0.2, -0.15) is 0 Å². The van der Waals surface area contributed by atoms with E-state index in [0.717, 1.165) is 63.9 Å². The van der Waals surface area contributed by atoms with Gasteiger partial charge in [0, 0.05) is 64.7 Å². The van der Waals surface area contributed by atoms with Crippen LogP contribution >= 0.6 is 0 Å². The summed E-state index contributed by atoms with van der Waals surface area (Å²) in [4.78, 5) is 25.8. The average Bonchev–Trinajstić information content (AvgIpc) is 2.81. The van der Waals surface area contributed by atoms with E-state index in [-0.39, 0.29) is 5.91 Å². The Labute approximate surface area is 178 Å². The molecule has 1 aromatic heterocycles. The third-order valence-corrected chi connectivity index (χ3v) is 5.86. The average molecular weight is 410 g/mol. The van der Waals surface area contributed by atoms with Crippen LogP contribution in [0.2, 0.25) is 0 Å². The van der Waals surface area contributed by atoms with Gasteiger partial charge < -0.3 is 19.4 Å². The van der Waals surface area contributed by atoms with E-state index in [9.17, 15) is 4.79 Å². The predicted octanol–water partition coefficient (Wildman–Crippen LogP) is 1.70. The number of rotatable bonds is 6. The van der Waals surface area contributed by atoms with Gasteiger partial charge in [-0.15, -0.1) is 0 Å². The second-order valence-electron chi connectivity index (χ2n) is 7.97. The maximum atomic E-state index is 12.7. The monoisotopic (exact) mass is 409 g/mol. The minimum absolute atomic E-state index is 0.165. The lowest BCUT2D eigenvalue weighted by atomic mass is 10.1. The molecule has 0 saturated carbocycles. The summed E-state index contributed by atoms with van der Waals surface area (Å²) in [6.45, 7) is 8.11. The molecule has 0 radical (unpaired) electrons. The largest absolute Gasteiger partial charge is 0.378 e. The van der Waals surface area contributed by atoms with E-state index in [4.69, 9.17) is 4.74 Å². The van der Waals surface area contributed by atoms with E-state index in [1.807, 2.05) is 36.3 Å². The van der Waals surface area contributed by atoms with Gasteiger partial charge in [0.25, 0.3) is 0 Å². The van der Waals surface area contributed by atoms with E-state index in [2.05, 4.69) is 43.9 Å². The number of morpholine rings is 1. The minimum atomic E-state index is 0.165. The fraction of sp³-hybridized carbons (Fsp3) is 0.478. The van der Waals surface area contributed by atoms with Crippen molar-refractivity contribution in [1.82, 2.24) is 14.8 Å². The highest BCUT2D eigenvalue weighted by Crippen LogP contribution is 2.18. The fourth-order valence-electron chi connectivity index (χ4n) is 3.98. The van der Waals surface area contributed by atoms with E-state index in [1.54, 1.807) is 0 Å². The zero-order valence-electron chi connectivity index (χ0n) is 17.7. The normalized spacial score (nSPS) is 17.8. The molecule has 30 heavy (non-hydrogen) atoms. The van der Waals surface area contributed by atoms with Crippen LogP contribution in [0.3, 0.4) is 0 Å². The number of hydrogen-bond acceptors (Lipinski definition) is 6. The fourth-order valence-corrected chi connectivity index (χ4v) is 3.98. The number of carbonyl (C=O) groups is 1. The molecule has 1 aromatic carbocycles. The lowest BCUT2D eigenvalue weighted by molar-refractivity contribution is -0.131. The Morgan fingerprint density at radius 3 is 2.37 bits per heavy atom. The maximum absolute atomic E-state index is 12.7. The first-order valence-corrected chi connectivity index (χ1v) is 10.7. The van der Waals surface area contributed by atoms with Crippen LogP contribution in [-0.4, -0.2) is 86.8 Å². The molecule has 4 rings (SSSR count). The number of likely N-dealkylation sites (N-methyl/N-ethyl adjacent to an activating group) is 1. The first-order valence-electron chi connectivity index (χ1n) is 10.7. The Bertz CT molecular complexity index is 800. The van der Waals surface area contributed by atoms with Crippen LogP contribution in [0.25, 0.3) is 0 Å². The number of aromatic nitrogens is 1. The smallest absolute Gasteiger partial charge is 0.236 e. The Morgan fingerprint density at radius 2 is 1.70 bits per heavy atom. The summed E-state index contributed by atoms with van der Waals surface area (Å²) < 4.78 is 5.42. The van der Waals surface area contributed by atoms with Crippen molar-refractivity contribution in [3.63, 3.8) is 0 Å². The number of carbonyl (C=O) groups excluding carboxylic acids is 1. The quantitative estimate of drug-likeness (QED) is 0.724. The lowest BCUT2D eigenvalue weighted by Crippen LogP contribution is -2.49. The Kier molecular flexibility index (Phi) is 6.81. The second-order valence-corrected chi connectivity index (χ2v) is 7.97. The van der Waals surface area contributed by atoms with Crippen molar-refractivity contribution >= 4 is 17.4 Å². The molecule has 160 valence electrons. The van der Waals surface area contributed by atoms with Gasteiger partial charge >= 0.3 is 0 Å². The van der Waals surface area contributed by atoms with Crippen molar-refractivity contribution in [2.75, 3.05) is 75.9 Å². The molecule has 0 bridgehead atoms. The summed E-state index contributed by atoms with van der Waals surface area (Å²) in [6, 6.07) is 14.5. The van der Waals surface area contributed by atoms with Crippen LogP contribution in [0.4, 0.5) is 11.5 Å². The molecular formula is C23H31N5O2. The summed E-state index contributed by atoms with van der Waals surface area (Å²) in [5.41, 5.74) is 2.38. The Hall–Kier alpha value is -2.64. The maximum Gasteiger partial charge on any atom is 0.236 e. The number of benzene rings is 1. The van der Waals surface area contributed by atoms with Crippen molar-refractivity contribution in [2.45, 2.75) is 6.54 Å². The molecule has 2 aliphatic rings. The third kappa shape index (κ3) is 5.29. The zero-order valence-corrected chi connectivity index (χ0v) is 17.7. The number of nitrogens with zero attached hydrogens (tertiary/aromatic N) is 5. The van der Waals surface area contributed by atoms with Gasteiger partial charge in [-0.3, -0.25) is 9.69 Å². The van der Waals surface area contributed by atoms with Crippen LogP contribution in [0, 0.1) is 0 Å². The van der Waals surface area contributed by atoms with Crippen molar-refractivity contribution in [2.24, 2.45) is 0 Å². The number of piperazine rings is 1. The SMILES string of the molecule is CN(Cc1ccc(N2CCOCC2)cc1)C(=O)CN1CCN(c2ccccn2)CC1. The standard InChI is InChI=1S/C23H31N5O2/c1-25(18-20-5-7-21(8-6-20)27-14-16-30-17-15-27)23(29)19-26-10-12-28(13-11-26)22-4-2-3-9-24-22/h2-9H,10-19H2,1H3. The second kappa shape index (κ2) is 9.91. The minimum Gasteiger partial charge on any atom is -0.378 e. The molecule has 3 heterocycles. The van der Waals surface area contributed by atoms with E-state index >= 15 is 0 Å². The van der Waals surface area contributed by atoms with Gasteiger partial charge in [-0.1, -0.05) is 18.2 Å². The topological polar surface area (TPSA) is 52.2 Å². The molecule has 0 N–H and O–H groups in total. The highest BCUT2D eigenvalue weighted by Gasteiger charge is 2.21. The number of ether oxygens (including phenoxy) is 1. The van der Waals surface area contributed by atoms with Crippen molar-refractivity contribution < 1.29 is 9.53 Å². The van der Waals surface area contributed by atoms with Gasteiger partial charge in [-0.25, -0.2) is 4.98 Å². The van der Waals surface area contributed by atoms with Crippen LogP contribution in [0.1, 0.15) is 5.56 Å². The number of anilines is 2. The summed E-state index contributed by atoms with van der Waals surface area (Å²) in [5.74, 6) is 1.18. The summed E-state index contributed by atoms with van der Waals surface area (Å²) >= 11 is 0. The van der Waals surface area contributed by atoms with Crippen molar-refractivity contribution in [3.05, 3.63) is 54.2 Å². The number of amides is 1.